The fraction of sp³-hybridized carbons (Fsp3) is 0.417. The molecule has 0 fully saturated rings. The Labute approximate surface area is 96.5 Å². The summed E-state index contributed by atoms with van der Waals surface area (Å²) in [4.78, 5) is 4.27. The van der Waals surface area contributed by atoms with Crippen molar-refractivity contribution in [3.63, 3.8) is 0 Å². The van der Waals surface area contributed by atoms with E-state index in [1.54, 1.807) is 7.11 Å². The quantitative estimate of drug-likeness (QED) is 0.586. The minimum Gasteiger partial charge on any atom is -0.385 e. The first-order valence-electron chi connectivity index (χ1n) is 5.26. The van der Waals surface area contributed by atoms with Crippen molar-refractivity contribution in [2.24, 2.45) is 10.7 Å². The standard InChI is InChI=1S/C12H19N3O/c1-9(14-2)10-5-4-6-11(7-10)15-12(13)8-16-3/h4-7,9,14H,8H2,1-3H3,(H2,13,15). The second-order valence-electron chi connectivity index (χ2n) is 3.64. The van der Waals surface area contributed by atoms with Gasteiger partial charge in [-0.1, -0.05) is 12.1 Å². The van der Waals surface area contributed by atoms with Crippen LogP contribution in [0.25, 0.3) is 0 Å². The molecule has 0 bridgehead atoms. The van der Waals surface area contributed by atoms with Crippen LogP contribution in [0.5, 0.6) is 0 Å². The maximum atomic E-state index is 5.68. The molecule has 4 heteroatoms. The van der Waals surface area contributed by atoms with Crippen molar-refractivity contribution in [3.05, 3.63) is 29.8 Å². The molecule has 3 N–H and O–H groups in total. The lowest BCUT2D eigenvalue weighted by Gasteiger charge is -2.10. The summed E-state index contributed by atoms with van der Waals surface area (Å²) in [6.45, 7) is 2.45. The average molecular weight is 221 g/mol. The number of nitrogens with two attached hydrogens (primary N) is 1. The first-order valence-corrected chi connectivity index (χ1v) is 5.26. The van der Waals surface area contributed by atoms with E-state index in [1.165, 1.54) is 5.56 Å². The fourth-order valence-corrected chi connectivity index (χ4v) is 1.38. The van der Waals surface area contributed by atoms with E-state index in [-0.39, 0.29) is 0 Å². The highest BCUT2D eigenvalue weighted by Crippen LogP contribution is 2.19. The molecule has 0 saturated carbocycles. The zero-order valence-corrected chi connectivity index (χ0v) is 10.0. The van der Waals surface area contributed by atoms with Crippen LogP contribution in [0.2, 0.25) is 0 Å². The molecule has 0 saturated heterocycles. The maximum Gasteiger partial charge on any atom is 0.126 e. The predicted octanol–water partition coefficient (Wildman–Crippen LogP) is 1.60. The zero-order valence-electron chi connectivity index (χ0n) is 10.0. The highest BCUT2D eigenvalue weighted by Gasteiger charge is 2.02. The number of amidine groups is 1. The van der Waals surface area contributed by atoms with Gasteiger partial charge in [0.05, 0.1) is 5.69 Å². The van der Waals surface area contributed by atoms with Crippen molar-refractivity contribution in [1.29, 1.82) is 0 Å². The third-order valence-corrected chi connectivity index (χ3v) is 2.37. The van der Waals surface area contributed by atoms with Gasteiger partial charge in [-0.3, -0.25) is 0 Å². The lowest BCUT2D eigenvalue weighted by Crippen LogP contribution is -2.17. The molecule has 4 nitrogen and oxygen atoms in total. The number of nitrogens with zero attached hydrogens (tertiary/aromatic N) is 1. The highest BCUT2D eigenvalue weighted by atomic mass is 16.5. The molecule has 1 atom stereocenters. The van der Waals surface area contributed by atoms with E-state index < -0.39 is 0 Å². The minimum absolute atomic E-state index is 0.304. The summed E-state index contributed by atoms with van der Waals surface area (Å²) in [6, 6.07) is 8.28. The summed E-state index contributed by atoms with van der Waals surface area (Å²) < 4.78 is 4.91. The molecule has 1 aromatic rings. The van der Waals surface area contributed by atoms with Crippen LogP contribution < -0.4 is 11.1 Å². The molecule has 0 aromatic heterocycles. The van der Waals surface area contributed by atoms with E-state index in [0.29, 0.717) is 18.5 Å². The van der Waals surface area contributed by atoms with Gasteiger partial charge in [0.1, 0.15) is 12.4 Å². The van der Waals surface area contributed by atoms with Gasteiger partial charge in [-0.2, -0.15) is 0 Å². The van der Waals surface area contributed by atoms with E-state index in [0.717, 1.165) is 5.69 Å². The molecule has 1 unspecified atom stereocenters. The van der Waals surface area contributed by atoms with E-state index in [4.69, 9.17) is 10.5 Å². The molecular formula is C12H19N3O. The van der Waals surface area contributed by atoms with Crippen molar-refractivity contribution >= 4 is 11.5 Å². The van der Waals surface area contributed by atoms with Crippen molar-refractivity contribution in [2.75, 3.05) is 20.8 Å². The van der Waals surface area contributed by atoms with Crippen LogP contribution in [0.3, 0.4) is 0 Å². The molecular weight excluding hydrogens is 202 g/mol. The van der Waals surface area contributed by atoms with Crippen molar-refractivity contribution in [1.82, 2.24) is 5.32 Å². The molecule has 0 radical (unpaired) electrons. The van der Waals surface area contributed by atoms with Crippen molar-refractivity contribution < 1.29 is 4.74 Å². The van der Waals surface area contributed by atoms with Gasteiger partial charge in [-0.15, -0.1) is 0 Å². The number of methoxy groups -OCH3 is 1. The second-order valence-corrected chi connectivity index (χ2v) is 3.64. The van der Waals surface area contributed by atoms with Crippen LogP contribution in [-0.4, -0.2) is 26.6 Å². The Morgan fingerprint density at radius 2 is 2.31 bits per heavy atom. The molecule has 0 spiro atoms. The summed E-state index contributed by atoms with van der Waals surface area (Å²) in [5.74, 6) is 0.483. The maximum absolute atomic E-state index is 5.68. The fourth-order valence-electron chi connectivity index (χ4n) is 1.38. The molecule has 1 aromatic carbocycles. The SMILES string of the molecule is CNC(C)c1cccc(N=C(N)COC)c1. The molecule has 0 aliphatic rings. The van der Waals surface area contributed by atoms with E-state index in [1.807, 2.05) is 25.2 Å². The number of benzene rings is 1. The molecule has 0 heterocycles. The van der Waals surface area contributed by atoms with Crippen LogP contribution in [0, 0.1) is 0 Å². The van der Waals surface area contributed by atoms with Crippen LogP contribution in [-0.2, 0) is 4.74 Å². The van der Waals surface area contributed by atoms with Crippen molar-refractivity contribution in [2.45, 2.75) is 13.0 Å². The smallest absolute Gasteiger partial charge is 0.126 e. The third-order valence-electron chi connectivity index (χ3n) is 2.37. The normalized spacial score (nSPS) is 13.8. The van der Waals surface area contributed by atoms with Gasteiger partial charge in [-0.05, 0) is 31.7 Å². The van der Waals surface area contributed by atoms with Gasteiger partial charge in [0, 0.05) is 13.2 Å². The monoisotopic (exact) mass is 221 g/mol. The second kappa shape index (κ2) is 6.25. The molecule has 0 aliphatic carbocycles. The summed E-state index contributed by atoms with van der Waals surface area (Å²) >= 11 is 0. The molecule has 0 aliphatic heterocycles. The van der Waals surface area contributed by atoms with Crippen molar-refractivity contribution in [3.8, 4) is 0 Å². The Kier molecular flexibility index (Phi) is 4.95. The van der Waals surface area contributed by atoms with Crippen LogP contribution in [0.15, 0.2) is 29.3 Å². The highest BCUT2D eigenvalue weighted by molar-refractivity contribution is 5.84. The number of ether oxygens (including phenoxy) is 1. The summed E-state index contributed by atoms with van der Waals surface area (Å²) in [7, 11) is 3.53. The zero-order chi connectivity index (χ0) is 12.0. The Balaban J connectivity index is 2.86. The van der Waals surface area contributed by atoms with Crippen LogP contribution >= 0.6 is 0 Å². The molecule has 16 heavy (non-hydrogen) atoms. The van der Waals surface area contributed by atoms with E-state index in [2.05, 4.69) is 23.3 Å². The summed E-state index contributed by atoms with van der Waals surface area (Å²) in [5, 5.41) is 3.18. The minimum atomic E-state index is 0.304. The first-order chi connectivity index (χ1) is 7.67. The number of hydrogen-bond donors (Lipinski definition) is 2. The Morgan fingerprint density at radius 1 is 1.56 bits per heavy atom. The molecule has 1 rings (SSSR count). The Bertz CT molecular complexity index is 363. The Morgan fingerprint density at radius 3 is 2.94 bits per heavy atom. The lowest BCUT2D eigenvalue weighted by molar-refractivity contribution is 0.244. The average Bonchev–Trinajstić information content (AvgIpc) is 2.28. The van der Waals surface area contributed by atoms with Gasteiger partial charge in [-0.25, -0.2) is 4.99 Å². The largest absolute Gasteiger partial charge is 0.385 e. The topological polar surface area (TPSA) is 59.6 Å². The van der Waals surface area contributed by atoms with Gasteiger partial charge in [0.15, 0.2) is 0 Å². The van der Waals surface area contributed by atoms with Crippen LogP contribution in [0.1, 0.15) is 18.5 Å². The first kappa shape index (κ1) is 12.7. The van der Waals surface area contributed by atoms with Crippen LogP contribution in [0.4, 0.5) is 5.69 Å². The van der Waals surface area contributed by atoms with Gasteiger partial charge >= 0.3 is 0 Å². The summed E-state index contributed by atoms with van der Waals surface area (Å²) in [6.07, 6.45) is 0. The number of aliphatic imine (C=N–C) groups is 1. The van der Waals surface area contributed by atoms with Gasteiger partial charge < -0.3 is 15.8 Å². The summed E-state index contributed by atoms with van der Waals surface area (Å²) in [5.41, 5.74) is 7.73. The Hall–Kier alpha value is -1.39. The van der Waals surface area contributed by atoms with Gasteiger partial charge in [0.2, 0.25) is 0 Å². The molecule has 88 valence electrons. The van der Waals surface area contributed by atoms with E-state index in [9.17, 15) is 0 Å². The number of hydrogen-bond acceptors (Lipinski definition) is 3. The van der Waals surface area contributed by atoms with Gasteiger partial charge in [0.25, 0.3) is 0 Å². The predicted molar refractivity (Wildman–Crippen MR) is 67.1 cm³/mol. The third kappa shape index (κ3) is 3.64. The number of nitrogens with one attached hydrogen (secondary N) is 1. The molecule has 0 amide bonds. The number of rotatable bonds is 5. The lowest BCUT2D eigenvalue weighted by atomic mass is 10.1. The van der Waals surface area contributed by atoms with E-state index >= 15 is 0 Å².